The molecule has 0 heterocycles. The van der Waals surface area contributed by atoms with Crippen molar-refractivity contribution in [1.29, 1.82) is 0 Å². The van der Waals surface area contributed by atoms with E-state index < -0.39 is 0 Å². The fourth-order valence-corrected chi connectivity index (χ4v) is 2.03. The summed E-state index contributed by atoms with van der Waals surface area (Å²) < 4.78 is 6.78. The fraction of sp³-hybridized carbons (Fsp3) is 0.0667. The second kappa shape index (κ2) is 7.75. The highest BCUT2D eigenvalue weighted by Crippen LogP contribution is 2.23. The number of ether oxygens (including phenoxy) is 1. The Bertz CT molecular complexity index is 647. The van der Waals surface area contributed by atoms with Gasteiger partial charge in [0.15, 0.2) is 5.11 Å². The normalized spacial score (nSPS) is 10.5. The minimum atomic E-state index is 0.120. The predicted molar refractivity (Wildman–Crippen MR) is 92.4 cm³/mol. The Morgan fingerprint density at radius 2 is 2.05 bits per heavy atom. The maximum Gasteiger partial charge on any atom is 0.184 e. The van der Waals surface area contributed by atoms with Crippen molar-refractivity contribution >= 4 is 39.5 Å². The molecule has 0 radical (unpaired) electrons. The van der Waals surface area contributed by atoms with Crippen LogP contribution in [0.15, 0.2) is 58.1 Å². The van der Waals surface area contributed by atoms with Gasteiger partial charge in [0.1, 0.15) is 12.4 Å². The van der Waals surface area contributed by atoms with E-state index in [1.54, 1.807) is 6.21 Å². The van der Waals surface area contributed by atoms with Crippen LogP contribution in [0.4, 0.5) is 0 Å². The molecule has 0 aliphatic rings. The van der Waals surface area contributed by atoms with Crippen molar-refractivity contribution in [3.8, 4) is 5.75 Å². The number of nitrogens with one attached hydrogen (secondary N) is 1. The van der Waals surface area contributed by atoms with E-state index in [9.17, 15) is 0 Å². The van der Waals surface area contributed by atoms with Crippen molar-refractivity contribution < 1.29 is 4.74 Å². The Kier molecular flexibility index (Phi) is 5.71. The summed E-state index contributed by atoms with van der Waals surface area (Å²) in [7, 11) is 0. The van der Waals surface area contributed by atoms with Crippen LogP contribution in [0.5, 0.6) is 5.75 Å². The number of rotatable bonds is 5. The number of hydrazone groups is 1. The summed E-state index contributed by atoms with van der Waals surface area (Å²) in [6.45, 7) is 0.487. The topological polar surface area (TPSA) is 59.6 Å². The van der Waals surface area contributed by atoms with Crippen LogP contribution in [-0.2, 0) is 6.61 Å². The molecule has 4 nitrogen and oxygen atoms in total. The Morgan fingerprint density at radius 3 is 2.76 bits per heavy atom. The van der Waals surface area contributed by atoms with Gasteiger partial charge >= 0.3 is 0 Å². The summed E-state index contributed by atoms with van der Waals surface area (Å²) in [5.74, 6) is 0.724. The van der Waals surface area contributed by atoms with Crippen molar-refractivity contribution in [3.63, 3.8) is 0 Å². The molecule has 3 N–H and O–H groups in total. The first kappa shape index (κ1) is 15.5. The lowest BCUT2D eigenvalue weighted by Gasteiger charge is -2.09. The Morgan fingerprint density at radius 1 is 1.29 bits per heavy atom. The van der Waals surface area contributed by atoms with E-state index in [0.29, 0.717) is 6.61 Å². The summed E-state index contributed by atoms with van der Waals surface area (Å²) in [6.07, 6.45) is 1.62. The lowest BCUT2D eigenvalue weighted by atomic mass is 10.2. The number of halogens is 1. The molecule has 0 aliphatic heterocycles. The van der Waals surface area contributed by atoms with Gasteiger partial charge in [-0.05, 0) is 36.0 Å². The van der Waals surface area contributed by atoms with Gasteiger partial charge in [-0.15, -0.1) is 0 Å². The molecule has 0 unspecified atom stereocenters. The van der Waals surface area contributed by atoms with Gasteiger partial charge in [0.25, 0.3) is 0 Å². The number of nitrogens with two attached hydrogens (primary N) is 1. The third-order valence-corrected chi connectivity index (χ3v) is 3.18. The van der Waals surface area contributed by atoms with E-state index in [2.05, 4.69) is 26.5 Å². The van der Waals surface area contributed by atoms with Crippen molar-refractivity contribution in [2.24, 2.45) is 10.8 Å². The van der Waals surface area contributed by atoms with Gasteiger partial charge in [0.2, 0.25) is 0 Å². The molecule has 0 aliphatic carbocycles. The number of hydrogen-bond donors (Lipinski definition) is 2. The fourth-order valence-electron chi connectivity index (χ4n) is 1.64. The van der Waals surface area contributed by atoms with E-state index in [4.69, 9.17) is 22.7 Å². The zero-order valence-corrected chi connectivity index (χ0v) is 13.5. The maximum absolute atomic E-state index is 5.85. The quantitative estimate of drug-likeness (QED) is 0.486. The number of hydrogen-bond acceptors (Lipinski definition) is 3. The average molecular weight is 364 g/mol. The van der Waals surface area contributed by atoms with Crippen molar-refractivity contribution in [2.45, 2.75) is 6.61 Å². The molecule has 6 heteroatoms. The number of benzene rings is 2. The molecule has 21 heavy (non-hydrogen) atoms. The van der Waals surface area contributed by atoms with E-state index in [1.165, 1.54) is 0 Å². The van der Waals surface area contributed by atoms with Gasteiger partial charge < -0.3 is 10.5 Å². The molecule has 108 valence electrons. The van der Waals surface area contributed by atoms with Crippen LogP contribution in [-0.4, -0.2) is 11.3 Å². The predicted octanol–water partition coefficient (Wildman–Crippen LogP) is 3.20. The first-order valence-electron chi connectivity index (χ1n) is 6.20. The van der Waals surface area contributed by atoms with Crippen molar-refractivity contribution in [3.05, 3.63) is 64.1 Å². The molecular formula is C15H14BrN3OS. The number of nitrogens with zero attached hydrogens (tertiary/aromatic N) is 1. The molecule has 0 atom stereocenters. The number of thiocarbonyl (C=S) groups is 1. The average Bonchev–Trinajstić information content (AvgIpc) is 2.48. The molecule has 2 rings (SSSR count). The molecule has 0 saturated carbocycles. The molecule has 0 saturated heterocycles. The molecular weight excluding hydrogens is 350 g/mol. The standard InChI is InChI=1S/C15H14BrN3OS/c16-13-7-6-12(9-18-19-15(17)21)14(8-13)20-10-11-4-2-1-3-5-11/h1-9H,10H2,(H3,17,19,21). The van der Waals surface area contributed by atoms with Crippen LogP contribution in [0.3, 0.4) is 0 Å². The molecule has 2 aromatic carbocycles. The SMILES string of the molecule is NC(=S)NN=Cc1ccc(Br)cc1OCc1ccccc1. The second-order valence-corrected chi connectivity index (χ2v) is 5.55. The van der Waals surface area contributed by atoms with Gasteiger partial charge in [0, 0.05) is 10.0 Å². The molecule has 0 amide bonds. The van der Waals surface area contributed by atoms with Crippen molar-refractivity contribution in [1.82, 2.24) is 5.43 Å². The summed E-state index contributed by atoms with van der Waals surface area (Å²) in [5.41, 5.74) is 9.77. The van der Waals surface area contributed by atoms with Gasteiger partial charge in [-0.25, -0.2) is 0 Å². The third kappa shape index (κ3) is 5.17. The van der Waals surface area contributed by atoms with Crippen LogP contribution in [0.2, 0.25) is 0 Å². The summed E-state index contributed by atoms with van der Waals surface area (Å²) in [6, 6.07) is 15.7. The monoisotopic (exact) mass is 363 g/mol. The van der Waals surface area contributed by atoms with Crippen molar-refractivity contribution in [2.75, 3.05) is 0 Å². The first-order chi connectivity index (χ1) is 10.1. The molecule has 0 spiro atoms. The largest absolute Gasteiger partial charge is 0.488 e. The van der Waals surface area contributed by atoms with Gasteiger partial charge in [-0.3, -0.25) is 5.43 Å². The van der Waals surface area contributed by atoms with Crippen LogP contribution >= 0.6 is 28.1 Å². The van der Waals surface area contributed by atoms with Crippen LogP contribution in [0.25, 0.3) is 0 Å². The van der Waals surface area contributed by atoms with E-state index in [0.717, 1.165) is 21.3 Å². The summed E-state index contributed by atoms with van der Waals surface area (Å²) in [5, 5.41) is 4.07. The Balaban J connectivity index is 2.11. The van der Waals surface area contributed by atoms with E-state index >= 15 is 0 Å². The molecule has 0 fully saturated rings. The highest BCUT2D eigenvalue weighted by atomic mass is 79.9. The summed E-state index contributed by atoms with van der Waals surface area (Å²) in [4.78, 5) is 0. The highest BCUT2D eigenvalue weighted by molar-refractivity contribution is 9.10. The minimum absolute atomic E-state index is 0.120. The smallest absolute Gasteiger partial charge is 0.184 e. The lowest BCUT2D eigenvalue weighted by molar-refractivity contribution is 0.305. The van der Waals surface area contributed by atoms with Crippen LogP contribution < -0.4 is 15.9 Å². The van der Waals surface area contributed by atoms with Gasteiger partial charge in [-0.1, -0.05) is 46.3 Å². The second-order valence-electron chi connectivity index (χ2n) is 4.19. The van der Waals surface area contributed by atoms with Gasteiger partial charge in [0.05, 0.1) is 6.21 Å². The van der Waals surface area contributed by atoms with E-state index in [1.807, 2.05) is 48.5 Å². The van der Waals surface area contributed by atoms with Crippen LogP contribution in [0, 0.1) is 0 Å². The first-order valence-corrected chi connectivity index (χ1v) is 7.40. The summed E-state index contributed by atoms with van der Waals surface area (Å²) >= 11 is 8.13. The minimum Gasteiger partial charge on any atom is -0.488 e. The zero-order valence-electron chi connectivity index (χ0n) is 11.1. The molecule has 0 aromatic heterocycles. The highest BCUT2D eigenvalue weighted by Gasteiger charge is 2.03. The zero-order chi connectivity index (χ0) is 15.1. The van der Waals surface area contributed by atoms with Gasteiger partial charge in [-0.2, -0.15) is 5.10 Å². The maximum atomic E-state index is 5.85. The molecule has 0 bridgehead atoms. The third-order valence-electron chi connectivity index (χ3n) is 2.59. The Labute approximate surface area is 137 Å². The lowest BCUT2D eigenvalue weighted by Crippen LogP contribution is -2.24. The van der Waals surface area contributed by atoms with E-state index in [-0.39, 0.29) is 5.11 Å². The Hall–Kier alpha value is -1.92. The van der Waals surface area contributed by atoms with Crippen LogP contribution in [0.1, 0.15) is 11.1 Å². The molecule has 2 aromatic rings.